The Labute approximate surface area is 174 Å². The van der Waals surface area contributed by atoms with Gasteiger partial charge in [0.15, 0.2) is 0 Å². The Morgan fingerprint density at radius 3 is 2.34 bits per heavy atom. The van der Waals surface area contributed by atoms with Gasteiger partial charge in [0.25, 0.3) is 0 Å². The van der Waals surface area contributed by atoms with Gasteiger partial charge in [-0.1, -0.05) is 57.0 Å². The molecule has 0 bridgehead atoms. The van der Waals surface area contributed by atoms with E-state index in [4.69, 9.17) is 14.9 Å². The number of aromatic amines is 1. The van der Waals surface area contributed by atoms with E-state index in [1.807, 2.05) is 24.3 Å². The lowest BCUT2D eigenvalue weighted by Crippen LogP contribution is -2.11. The first-order chi connectivity index (χ1) is 14.3. The molecule has 0 unspecified atom stereocenters. The minimum Gasteiger partial charge on any atom is -0.489 e. The quantitative estimate of drug-likeness (QED) is 0.395. The highest BCUT2D eigenvalue weighted by Gasteiger charge is 2.03. The van der Waals surface area contributed by atoms with E-state index in [2.05, 4.69) is 54.5 Å². The minimum atomic E-state index is 0.355. The van der Waals surface area contributed by atoms with Gasteiger partial charge in [-0.15, -0.1) is 0 Å². The molecule has 1 heterocycles. The Morgan fingerprint density at radius 1 is 0.966 bits per heavy atom. The number of unbranched alkanes of at least 4 members (excludes halogenated alkanes) is 2. The molecule has 0 aliphatic carbocycles. The van der Waals surface area contributed by atoms with Gasteiger partial charge in [-0.25, -0.2) is 0 Å². The van der Waals surface area contributed by atoms with Gasteiger partial charge in [0, 0.05) is 36.9 Å². The molecule has 0 aliphatic heterocycles. The van der Waals surface area contributed by atoms with Gasteiger partial charge >= 0.3 is 0 Å². The van der Waals surface area contributed by atoms with Gasteiger partial charge in [-0.2, -0.15) is 0 Å². The summed E-state index contributed by atoms with van der Waals surface area (Å²) in [7, 11) is 1.00. The summed E-state index contributed by atoms with van der Waals surface area (Å²) in [6, 6.07) is 18.6. The van der Waals surface area contributed by atoms with Crippen molar-refractivity contribution in [2.75, 3.05) is 20.3 Å². The van der Waals surface area contributed by atoms with Crippen molar-refractivity contribution in [1.82, 2.24) is 10.3 Å². The number of hydrogen-bond acceptors (Lipinski definition) is 4. The van der Waals surface area contributed by atoms with Gasteiger partial charge in [-0.3, -0.25) is 0 Å². The van der Waals surface area contributed by atoms with Gasteiger partial charge in [-0.05, 0) is 42.8 Å². The van der Waals surface area contributed by atoms with Gasteiger partial charge < -0.3 is 25.3 Å². The summed E-state index contributed by atoms with van der Waals surface area (Å²) < 4.78 is 5.86. The maximum absolute atomic E-state index is 8.20. The van der Waals surface area contributed by atoms with E-state index in [0.717, 1.165) is 44.3 Å². The molecule has 0 saturated heterocycles. The smallest absolute Gasteiger partial charge is 0.120 e. The molecular weight excluding hydrogens is 364 g/mol. The van der Waals surface area contributed by atoms with Crippen LogP contribution >= 0.6 is 0 Å². The first-order valence-electron chi connectivity index (χ1n) is 10.3. The number of rotatable bonds is 9. The number of nitrogens with one attached hydrogen (secondary N) is 2. The van der Waals surface area contributed by atoms with Crippen LogP contribution in [0.3, 0.4) is 0 Å². The number of aliphatic hydroxyl groups is 2. The van der Waals surface area contributed by atoms with E-state index in [1.165, 1.54) is 23.1 Å². The van der Waals surface area contributed by atoms with Crippen LogP contribution in [0, 0.1) is 0 Å². The lowest BCUT2D eigenvalue weighted by molar-refractivity contribution is 0.284. The van der Waals surface area contributed by atoms with Crippen LogP contribution in [0.4, 0.5) is 0 Å². The van der Waals surface area contributed by atoms with E-state index in [1.54, 1.807) is 0 Å². The molecule has 4 N–H and O–H groups in total. The number of fused-ring (bicyclic) bond motifs is 1. The SMILES string of the molecule is CCCCCO.CCNCc1cc2cc(OCc3ccccc3)ccc2[nH]1.CO. The normalized spacial score (nSPS) is 9.97. The molecule has 0 aliphatic rings. The molecule has 3 aromatic rings. The highest BCUT2D eigenvalue weighted by molar-refractivity contribution is 5.81. The molecule has 0 fully saturated rings. The van der Waals surface area contributed by atoms with Crippen LogP contribution in [0.25, 0.3) is 10.9 Å². The summed E-state index contributed by atoms with van der Waals surface area (Å²) in [4.78, 5) is 3.41. The van der Waals surface area contributed by atoms with Gasteiger partial charge in [0.2, 0.25) is 0 Å². The van der Waals surface area contributed by atoms with E-state index in [0.29, 0.717) is 13.2 Å². The molecule has 5 heteroatoms. The summed E-state index contributed by atoms with van der Waals surface area (Å²) in [5.41, 5.74) is 3.53. The fourth-order valence-electron chi connectivity index (χ4n) is 2.72. The Bertz CT molecular complexity index is 768. The second-order valence-electron chi connectivity index (χ2n) is 6.53. The Morgan fingerprint density at radius 2 is 1.72 bits per heavy atom. The standard InChI is InChI=1S/C18H20N2O.C5H12O.CH4O/c1-2-19-12-16-10-15-11-17(8-9-18(15)20-16)21-13-14-6-4-3-5-7-14;1-2-3-4-5-6;1-2/h3-11,19-20H,2,12-13H2,1H3;6H,2-5H2,1H3;2H,1H3. The molecule has 5 nitrogen and oxygen atoms in total. The maximum atomic E-state index is 8.20. The summed E-state index contributed by atoms with van der Waals surface area (Å²) in [6.07, 6.45) is 3.33. The molecule has 0 amide bonds. The van der Waals surface area contributed by atoms with Crippen molar-refractivity contribution in [3.63, 3.8) is 0 Å². The summed E-state index contributed by atoms with van der Waals surface area (Å²) in [5, 5.41) is 19.7. The zero-order valence-electron chi connectivity index (χ0n) is 17.9. The van der Waals surface area contributed by atoms with Crippen LogP contribution in [0.15, 0.2) is 54.6 Å². The lowest BCUT2D eigenvalue weighted by Gasteiger charge is -2.06. The minimum absolute atomic E-state index is 0.355. The molecule has 1 aromatic heterocycles. The predicted octanol–water partition coefficient (Wildman–Crippen LogP) is 4.63. The molecule has 0 saturated carbocycles. The van der Waals surface area contributed by atoms with Crippen LogP contribution in [0.2, 0.25) is 0 Å². The van der Waals surface area contributed by atoms with Crippen LogP contribution < -0.4 is 10.1 Å². The van der Waals surface area contributed by atoms with Gasteiger partial charge in [0.1, 0.15) is 12.4 Å². The average molecular weight is 401 g/mol. The number of benzene rings is 2. The molecule has 3 rings (SSSR count). The van der Waals surface area contributed by atoms with Crippen LogP contribution in [-0.2, 0) is 13.2 Å². The number of hydrogen-bond donors (Lipinski definition) is 4. The van der Waals surface area contributed by atoms with E-state index in [-0.39, 0.29) is 0 Å². The van der Waals surface area contributed by atoms with Crippen molar-refractivity contribution < 1.29 is 14.9 Å². The molecule has 2 aromatic carbocycles. The topological polar surface area (TPSA) is 77.5 Å². The molecule has 29 heavy (non-hydrogen) atoms. The Balaban J connectivity index is 0.000000454. The van der Waals surface area contributed by atoms with E-state index < -0.39 is 0 Å². The van der Waals surface area contributed by atoms with Crippen LogP contribution in [-0.4, -0.2) is 35.5 Å². The fraction of sp³-hybridized carbons (Fsp3) is 0.417. The first-order valence-corrected chi connectivity index (χ1v) is 10.3. The molecule has 160 valence electrons. The first kappa shape index (κ1) is 24.7. The summed E-state index contributed by atoms with van der Waals surface area (Å²) in [6.45, 7) is 7.02. The number of H-pyrrole nitrogens is 1. The zero-order chi connectivity index (χ0) is 21.3. The van der Waals surface area contributed by atoms with Crippen molar-refractivity contribution >= 4 is 10.9 Å². The van der Waals surface area contributed by atoms with Crippen LogP contribution in [0.1, 0.15) is 44.4 Å². The summed E-state index contributed by atoms with van der Waals surface area (Å²) >= 11 is 0. The van der Waals surface area contributed by atoms with Crippen molar-refractivity contribution in [2.45, 2.75) is 46.3 Å². The third kappa shape index (κ3) is 9.61. The third-order valence-electron chi connectivity index (χ3n) is 4.22. The third-order valence-corrected chi connectivity index (χ3v) is 4.22. The molecule has 0 radical (unpaired) electrons. The van der Waals surface area contributed by atoms with E-state index >= 15 is 0 Å². The Kier molecular flexibility index (Phi) is 13.3. The maximum Gasteiger partial charge on any atom is 0.120 e. The molecule has 0 spiro atoms. The largest absolute Gasteiger partial charge is 0.489 e. The molecule has 0 atom stereocenters. The molecular formula is C24H36N2O3. The monoisotopic (exact) mass is 400 g/mol. The van der Waals surface area contributed by atoms with Crippen molar-refractivity contribution in [3.05, 3.63) is 65.9 Å². The summed E-state index contributed by atoms with van der Waals surface area (Å²) in [5.74, 6) is 0.903. The van der Waals surface area contributed by atoms with Crippen LogP contribution in [0.5, 0.6) is 5.75 Å². The second-order valence-corrected chi connectivity index (χ2v) is 6.53. The number of aliphatic hydroxyl groups excluding tert-OH is 2. The lowest BCUT2D eigenvalue weighted by atomic mass is 10.2. The Hall–Kier alpha value is -2.34. The predicted molar refractivity (Wildman–Crippen MR) is 121 cm³/mol. The highest BCUT2D eigenvalue weighted by atomic mass is 16.5. The van der Waals surface area contributed by atoms with Crippen molar-refractivity contribution in [2.24, 2.45) is 0 Å². The number of aromatic nitrogens is 1. The van der Waals surface area contributed by atoms with Crippen molar-refractivity contribution in [3.8, 4) is 5.75 Å². The van der Waals surface area contributed by atoms with Crippen molar-refractivity contribution in [1.29, 1.82) is 0 Å². The average Bonchev–Trinajstić information content (AvgIpc) is 3.19. The zero-order valence-corrected chi connectivity index (χ0v) is 17.9. The van der Waals surface area contributed by atoms with E-state index in [9.17, 15) is 0 Å². The van der Waals surface area contributed by atoms with Gasteiger partial charge in [0.05, 0.1) is 0 Å². The second kappa shape index (κ2) is 15.6. The fourth-order valence-corrected chi connectivity index (χ4v) is 2.72. The highest BCUT2D eigenvalue weighted by Crippen LogP contribution is 2.22. The number of ether oxygens (including phenoxy) is 1.